The highest BCUT2D eigenvalue weighted by Gasteiger charge is 2.18. The van der Waals surface area contributed by atoms with E-state index in [1.165, 1.54) is 6.92 Å². The molecule has 0 radical (unpaired) electrons. The van der Waals surface area contributed by atoms with Gasteiger partial charge in [0, 0.05) is 6.42 Å². The molecule has 0 unspecified atom stereocenters. The molecule has 0 rings (SSSR count). The molecule has 0 spiro atoms. The molecule has 92 valence electrons. The Labute approximate surface area is 94.5 Å². The number of ether oxygens (including phenoxy) is 1. The minimum atomic E-state index is -1.01. The largest absolute Gasteiger partial charge is 0.453 e. The molecule has 0 aromatic rings. The summed E-state index contributed by atoms with van der Waals surface area (Å²) in [5, 5.41) is 1.84. The molecule has 0 bridgehead atoms. The van der Waals surface area contributed by atoms with Crippen molar-refractivity contribution in [3.8, 4) is 0 Å². The molecule has 3 amide bonds. The standard InChI is InChI=1S/C10H18N2O4/c1-6(2)4-5-8(13)16-7(3)9(14)12-10(11)15/h6-7H,4-5H2,1-3H3,(H3,11,12,14,15)/t7-/m0/s1. The van der Waals surface area contributed by atoms with Crippen LogP contribution in [0.15, 0.2) is 0 Å². The first kappa shape index (κ1) is 14.4. The van der Waals surface area contributed by atoms with Crippen LogP contribution in [-0.2, 0) is 14.3 Å². The van der Waals surface area contributed by atoms with Gasteiger partial charge in [0.2, 0.25) is 0 Å². The average molecular weight is 230 g/mol. The van der Waals surface area contributed by atoms with E-state index in [9.17, 15) is 14.4 Å². The highest BCUT2D eigenvalue weighted by molar-refractivity contribution is 5.96. The first-order valence-corrected chi connectivity index (χ1v) is 5.12. The van der Waals surface area contributed by atoms with E-state index in [1.54, 1.807) is 0 Å². The molecular weight excluding hydrogens is 212 g/mol. The minimum Gasteiger partial charge on any atom is -0.453 e. The van der Waals surface area contributed by atoms with Crippen LogP contribution in [0.4, 0.5) is 4.79 Å². The zero-order valence-corrected chi connectivity index (χ0v) is 9.78. The molecule has 0 aliphatic heterocycles. The lowest BCUT2D eigenvalue weighted by molar-refractivity contribution is -0.154. The van der Waals surface area contributed by atoms with Crippen LogP contribution in [0, 0.1) is 5.92 Å². The number of carbonyl (C=O) groups excluding carboxylic acids is 3. The van der Waals surface area contributed by atoms with Crippen molar-refractivity contribution in [1.29, 1.82) is 0 Å². The van der Waals surface area contributed by atoms with Crippen LogP contribution in [0.25, 0.3) is 0 Å². The molecular formula is C10H18N2O4. The van der Waals surface area contributed by atoms with Crippen molar-refractivity contribution in [2.75, 3.05) is 0 Å². The number of rotatable bonds is 5. The monoisotopic (exact) mass is 230 g/mol. The van der Waals surface area contributed by atoms with Crippen LogP contribution in [0.2, 0.25) is 0 Å². The van der Waals surface area contributed by atoms with Crippen molar-refractivity contribution < 1.29 is 19.1 Å². The number of esters is 1. The number of hydrogen-bond donors (Lipinski definition) is 2. The van der Waals surface area contributed by atoms with Crippen LogP contribution in [0.3, 0.4) is 0 Å². The Kier molecular flexibility index (Phi) is 6.14. The van der Waals surface area contributed by atoms with Gasteiger partial charge in [-0.15, -0.1) is 0 Å². The summed E-state index contributed by atoms with van der Waals surface area (Å²) in [7, 11) is 0. The molecule has 6 heteroatoms. The van der Waals surface area contributed by atoms with Crippen LogP contribution < -0.4 is 11.1 Å². The van der Waals surface area contributed by atoms with Crippen molar-refractivity contribution in [2.45, 2.75) is 39.7 Å². The molecule has 0 aliphatic carbocycles. The van der Waals surface area contributed by atoms with Crippen molar-refractivity contribution in [2.24, 2.45) is 11.7 Å². The topological polar surface area (TPSA) is 98.5 Å². The smallest absolute Gasteiger partial charge is 0.318 e. The molecule has 0 fully saturated rings. The second-order valence-corrected chi connectivity index (χ2v) is 3.92. The molecule has 0 saturated heterocycles. The van der Waals surface area contributed by atoms with Gasteiger partial charge in [0.25, 0.3) is 5.91 Å². The molecule has 0 aliphatic rings. The van der Waals surface area contributed by atoms with Gasteiger partial charge in [-0.05, 0) is 19.3 Å². The molecule has 16 heavy (non-hydrogen) atoms. The van der Waals surface area contributed by atoms with Crippen LogP contribution >= 0.6 is 0 Å². The Morgan fingerprint density at radius 2 is 1.81 bits per heavy atom. The first-order valence-electron chi connectivity index (χ1n) is 5.12. The second-order valence-electron chi connectivity index (χ2n) is 3.92. The minimum absolute atomic E-state index is 0.256. The van der Waals surface area contributed by atoms with E-state index in [-0.39, 0.29) is 6.42 Å². The van der Waals surface area contributed by atoms with Gasteiger partial charge in [-0.2, -0.15) is 0 Å². The van der Waals surface area contributed by atoms with Gasteiger partial charge in [0.15, 0.2) is 6.10 Å². The third-order valence-electron chi connectivity index (χ3n) is 1.85. The summed E-state index contributed by atoms with van der Waals surface area (Å²) in [6, 6.07) is -0.963. The summed E-state index contributed by atoms with van der Waals surface area (Å²) in [6.07, 6.45) is -0.0540. The molecule has 6 nitrogen and oxygen atoms in total. The maximum atomic E-state index is 11.2. The third kappa shape index (κ3) is 6.80. The van der Waals surface area contributed by atoms with Gasteiger partial charge >= 0.3 is 12.0 Å². The van der Waals surface area contributed by atoms with Gasteiger partial charge in [-0.1, -0.05) is 13.8 Å². The second kappa shape index (κ2) is 6.81. The number of nitrogens with two attached hydrogens (primary N) is 1. The number of carbonyl (C=O) groups is 3. The van der Waals surface area contributed by atoms with E-state index >= 15 is 0 Å². The van der Waals surface area contributed by atoms with Crippen LogP contribution in [0.5, 0.6) is 0 Å². The number of nitrogens with one attached hydrogen (secondary N) is 1. The Bertz CT molecular complexity index is 276. The molecule has 0 heterocycles. The summed E-state index contributed by atoms with van der Waals surface area (Å²) in [4.78, 5) is 32.7. The van der Waals surface area contributed by atoms with Crippen molar-refractivity contribution in [1.82, 2.24) is 5.32 Å². The van der Waals surface area contributed by atoms with Crippen molar-refractivity contribution in [3.63, 3.8) is 0 Å². The molecule has 1 atom stereocenters. The van der Waals surface area contributed by atoms with E-state index in [4.69, 9.17) is 10.5 Å². The van der Waals surface area contributed by atoms with E-state index < -0.39 is 24.0 Å². The predicted octanol–water partition coefficient (Wildman–Crippen LogP) is 0.549. The highest BCUT2D eigenvalue weighted by atomic mass is 16.5. The van der Waals surface area contributed by atoms with Gasteiger partial charge in [-0.25, -0.2) is 4.79 Å². The quantitative estimate of drug-likeness (QED) is 0.674. The van der Waals surface area contributed by atoms with E-state index in [1.807, 2.05) is 19.2 Å². The Balaban J connectivity index is 3.94. The SMILES string of the molecule is CC(C)CCC(=O)O[C@@H](C)C(=O)NC(N)=O. The highest BCUT2D eigenvalue weighted by Crippen LogP contribution is 2.05. The Morgan fingerprint density at radius 3 is 2.25 bits per heavy atom. The van der Waals surface area contributed by atoms with Crippen LogP contribution in [0.1, 0.15) is 33.6 Å². The number of imide groups is 1. The maximum absolute atomic E-state index is 11.2. The lowest BCUT2D eigenvalue weighted by atomic mass is 10.1. The van der Waals surface area contributed by atoms with E-state index in [2.05, 4.69) is 0 Å². The number of urea groups is 1. The zero-order chi connectivity index (χ0) is 12.7. The van der Waals surface area contributed by atoms with E-state index in [0.717, 1.165) is 0 Å². The fraction of sp³-hybridized carbons (Fsp3) is 0.700. The Morgan fingerprint density at radius 1 is 1.25 bits per heavy atom. The van der Waals surface area contributed by atoms with Gasteiger partial charge in [0.05, 0.1) is 0 Å². The molecule has 0 aromatic carbocycles. The lowest BCUT2D eigenvalue weighted by Gasteiger charge is -2.12. The summed E-state index contributed by atoms with van der Waals surface area (Å²) in [6.45, 7) is 5.35. The van der Waals surface area contributed by atoms with Crippen LogP contribution in [-0.4, -0.2) is 24.0 Å². The van der Waals surface area contributed by atoms with Crippen molar-refractivity contribution in [3.05, 3.63) is 0 Å². The van der Waals surface area contributed by atoms with Gasteiger partial charge in [0.1, 0.15) is 0 Å². The predicted molar refractivity (Wildman–Crippen MR) is 57.4 cm³/mol. The van der Waals surface area contributed by atoms with E-state index in [0.29, 0.717) is 12.3 Å². The summed E-state index contributed by atoms with van der Waals surface area (Å²) in [5.74, 6) is -0.784. The summed E-state index contributed by atoms with van der Waals surface area (Å²) >= 11 is 0. The third-order valence-corrected chi connectivity index (χ3v) is 1.85. The van der Waals surface area contributed by atoms with Gasteiger partial charge in [-0.3, -0.25) is 14.9 Å². The molecule has 0 saturated carbocycles. The number of hydrogen-bond acceptors (Lipinski definition) is 4. The zero-order valence-electron chi connectivity index (χ0n) is 9.78. The van der Waals surface area contributed by atoms with Crippen molar-refractivity contribution >= 4 is 17.9 Å². The summed E-state index contributed by atoms with van der Waals surface area (Å²) < 4.78 is 4.80. The molecule has 3 N–H and O–H groups in total. The van der Waals surface area contributed by atoms with Gasteiger partial charge < -0.3 is 10.5 Å². The normalized spacial score (nSPS) is 12.0. The molecule has 0 aromatic heterocycles. The first-order chi connectivity index (χ1) is 7.32. The lowest BCUT2D eigenvalue weighted by Crippen LogP contribution is -2.42. The maximum Gasteiger partial charge on any atom is 0.318 e. The fourth-order valence-electron chi connectivity index (χ4n) is 0.939. The number of amides is 3. The number of primary amides is 1. The average Bonchev–Trinajstić information content (AvgIpc) is 2.13. The Hall–Kier alpha value is -1.59. The fourth-order valence-corrected chi connectivity index (χ4v) is 0.939. The summed E-state index contributed by atoms with van der Waals surface area (Å²) in [5.41, 5.74) is 4.75.